The third-order valence-electron chi connectivity index (χ3n) is 3.81. The van der Waals surface area contributed by atoms with Crippen molar-refractivity contribution in [3.63, 3.8) is 0 Å². The van der Waals surface area contributed by atoms with Crippen LogP contribution in [0.2, 0.25) is 0 Å². The number of nitro groups is 1. The molecule has 1 aliphatic rings. The molecule has 0 radical (unpaired) electrons. The van der Waals surface area contributed by atoms with E-state index in [9.17, 15) is 14.9 Å². The molecule has 1 fully saturated rings. The van der Waals surface area contributed by atoms with Crippen molar-refractivity contribution in [3.05, 3.63) is 38.3 Å². The van der Waals surface area contributed by atoms with E-state index in [4.69, 9.17) is 0 Å². The average Bonchev–Trinajstić information content (AvgIpc) is 2.48. The fourth-order valence-electron chi connectivity index (χ4n) is 2.51. The minimum atomic E-state index is -0.502. The van der Waals surface area contributed by atoms with E-state index < -0.39 is 4.92 Å². The number of carbonyl (C=O) groups excluding carboxylic acids is 1. The van der Waals surface area contributed by atoms with Crippen LogP contribution in [0.15, 0.2) is 22.7 Å². The summed E-state index contributed by atoms with van der Waals surface area (Å²) in [7, 11) is 0. The van der Waals surface area contributed by atoms with Gasteiger partial charge in [-0.25, -0.2) is 0 Å². The zero-order valence-electron chi connectivity index (χ0n) is 11.8. The first kappa shape index (κ1) is 15.9. The highest BCUT2D eigenvalue weighted by Gasteiger charge is 2.23. The molecule has 0 aromatic heterocycles. The first-order valence-electron chi connectivity index (χ1n) is 6.94. The lowest BCUT2D eigenvalue weighted by atomic mass is 9.92. The Balaban J connectivity index is 2.08. The number of hydrogen-bond acceptors (Lipinski definition) is 4. The van der Waals surface area contributed by atoms with Crippen LogP contribution in [0.25, 0.3) is 0 Å². The number of nitrogens with zero attached hydrogens (tertiary/aromatic N) is 1. The first-order chi connectivity index (χ1) is 9.99. The summed E-state index contributed by atoms with van der Waals surface area (Å²) < 4.78 is 0.555. The number of nitro benzene ring substituents is 1. The van der Waals surface area contributed by atoms with Crippen LogP contribution >= 0.6 is 15.9 Å². The molecular weight excluding hydrogens is 338 g/mol. The largest absolute Gasteiger partial charge is 0.349 e. The summed E-state index contributed by atoms with van der Waals surface area (Å²) in [5, 5.41) is 17.1. The maximum Gasteiger partial charge on any atom is 0.270 e. The highest BCUT2D eigenvalue weighted by molar-refractivity contribution is 9.10. The van der Waals surface area contributed by atoms with Gasteiger partial charge < -0.3 is 10.6 Å². The van der Waals surface area contributed by atoms with E-state index in [1.54, 1.807) is 0 Å². The van der Waals surface area contributed by atoms with Crippen LogP contribution in [0.1, 0.15) is 30.1 Å². The topological polar surface area (TPSA) is 84.3 Å². The lowest BCUT2D eigenvalue weighted by Gasteiger charge is -2.29. The molecule has 2 N–H and O–H groups in total. The minimum Gasteiger partial charge on any atom is -0.349 e. The van der Waals surface area contributed by atoms with Crippen LogP contribution in [0.3, 0.4) is 0 Å². The number of carbonyl (C=O) groups is 1. The molecule has 0 bridgehead atoms. The van der Waals surface area contributed by atoms with Crippen molar-refractivity contribution in [1.82, 2.24) is 10.6 Å². The molecule has 1 heterocycles. The van der Waals surface area contributed by atoms with Crippen molar-refractivity contribution in [2.24, 2.45) is 5.92 Å². The second-order valence-corrected chi connectivity index (χ2v) is 6.14. The van der Waals surface area contributed by atoms with E-state index in [0.717, 1.165) is 25.9 Å². The molecule has 0 spiro atoms. The van der Waals surface area contributed by atoms with Crippen molar-refractivity contribution in [3.8, 4) is 0 Å². The standard InChI is InChI=1S/C14H18BrN3O3/c1-9(10-3-2-6-16-8-10)17-14(19)12-7-11(18(20)21)4-5-13(12)15/h4-5,7,9-10,16H,2-3,6,8H2,1H3,(H,17,19). The van der Waals surface area contributed by atoms with Crippen molar-refractivity contribution in [2.45, 2.75) is 25.8 Å². The van der Waals surface area contributed by atoms with E-state index in [0.29, 0.717) is 16.0 Å². The molecule has 1 aromatic rings. The van der Waals surface area contributed by atoms with Gasteiger partial charge in [0.25, 0.3) is 11.6 Å². The van der Waals surface area contributed by atoms with Crippen LogP contribution in [-0.4, -0.2) is 30.0 Å². The van der Waals surface area contributed by atoms with Crippen molar-refractivity contribution in [1.29, 1.82) is 0 Å². The van der Waals surface area contributed by atoms with Gasteiger partial charge in [-0.1, -0.05) is 0 Å². The summed E-state index contributed by atoms with van der Waals surface area (Å²) >= 11 is 3.27. The first-order valence-corrected chi connectivity index (χ1v) is 7.74. The predicted octanol–water partition coefficient (Wildman–Crippen LogP) is 2.48. The van der Waals surface area contributed by atoms with Crippen LogP contribution in [0, 0.1) is 16.0 Å². The Bertz CT molecular complexity index is 544. The fourth-order valence-corrected chi connectivity index (χ4v) is 2.94. The molecule has 1 saturated heterocycles. The fraction of sp³-hybridized carbons (Fsp3) is 0.500. The number of non-ortho nitro benzene ring substituents is 1. The Morgan fingerprint density at radius 2 is 2.33 bits per heavy atom. The number of hydrogen-bond donors (Lipinski definition) is 2. The van der Waals surface area contributed by atoms with Crippen LogP contribution in [0.4, 0.5) is 5.69 Å². The van der Waals surface area contributed by atoms with E-state index in [-0.39, 0.29) is 17.6 Å². The summed E-state index contributed by atoms with van der Waals surface area (Å²) in [5.74, 6) is 0.101. The Morgan fingerprint density at radius 1 is 1.57 bits per heavy atom. The maximum atomic E-state index is 12.3. The SMILES string of the molecule is CC(NC(=O)c1cc([N+](=O)[O-])ccc1Br)C1CCCNC1. The number of benzene rings is 1. The van der Waals surface area contributed by atoms with Gasteiger partial charge in [0.2, 0.25) is 0 Å². The van der Waals surface area contributed by atoms with Gasteiger partial charge in [0.15, 0.2) is 0 Å². The van der Waals surface area contributed by atoms with E-state index in [1.807, 2.05) is 6.92 Å². The van der Waals surface area contributed by atoms with E-state index in [2.05, 4.69) is 26.6 Å². The van der Waals surface area contributed by atoms with Gasteiger partial charge in [0.05, 0.1) is 10.5 Å². The van der Waals surface area contributed by atoms with E-state index >= 15 is 0 Å². The van der Waals surface area contributed by atoms with Gasteiger partial charge >= 0.3 is 0 Å². The Labute approximate surface area is 131 Å². The average molecular weight is 356 g/mol. The molecule has 0 saturated carbocycles. The van der Waals surface area contributed by atoms with Crippen LogP contribution in [0.5, 0.6) is 0 Å². The molecule has 6 nitrogen and oxygen atoms in total. The highest BCUT2D eigenvalue weighted by Crippen LogP contribution is 2.23. The zero-order valence-corrected chi connectivity index (χ0v) is 13.4. The molecule has 7 heteroatoms. The Kier molecular flexibility index (Phi) is 5.30. The molecule has 1 amide bonds. The van der Waals surface area contributed by atoms with Gasteiger partial charge in [0, 0.05) is 22.6 Å². The van der Waals surface area contributed by atoms with Gasteiger partial charge in [-0.15, -0.1) is 0 Å². The van der Waals surface area contributed by atoms with Crippen LogP contribution in [-0.2, 0) is 0 Å². The lowest BCUT2D eigenvalue weighted by molar-refractivity contribution is -0.384. The number of amides is 1. The maximum absolute atomic E-state index is 12.3. The second kappa shape index (κ2) is 7.00. The summed E-state index contributed by atoms with van der Waals surface area (Å²) in [5.41, 5.74) is 0.204. The molecule has 2 unspecified atom stereocenters. The quantitative estimate of drug-likeness (QED) is 0.641. The third-order valence-corrected chi connectivity index (χ3v) is 4.50. The van der Waals surface area contributed by atoms with Gasteiger partial charge in [-0.05, 0) is 60.8 Å². The minimum absolute atomic E-state index is 0.0245. The van der Waals surface area contributed by atoms with Gasteiger partial charge in [0.1, 0.15) is 0 Å². The zero-order chi connectivity index (χ0) is 15.4. The normalized spacial score (nSPS) is 19.8. The molecule has 1 aromatic carbocycles. The van der Waals surface area contributed by atoms with Crippen molar-refractivity contribution >= 4 is 27.5 Å². The van der Waals surface area contributed by atoms with Gasteiger partial charge in [-0.2, -0.15) is 0 Å². The smallest absolute Gasteiger partial charge is 0.270 e. The summed E-state index contributed by atoms with van der Waals surface area (Å²) in [6.07, 6.45) is 2.18. The number of piperidine rings is 1. The summed E-state index contributed by atoms with van der Waals surface area (Å²) in [6, 6.07) is 4.22. The molecule has 0 aliphatic carbocycles. The summed E-state index contributed by atoms with van der Waals surface area (Å²) in [6.45, 7) is 3.88. The highest BCUT2D eigenvalue weighted by atomic mass is 79.9. The second-order valence-electron chi connectivity index (χ2n) is 5.29. The molecule has 2 rings (SSSR count). The lowest BCUT2D eigenvalue weighted by Crippen LogP contribution is -2.44. The third kappa shape index (κ3) is 4.01. The Morgan fingerprint density at radius 3 is 2.95 bits per heavy atom. The molecule has 2 atom stereocenters. The van der Waals surface area contributed by atoms with E-state index in [1.165, 1.54) is 18.2 Å². The number of nitrogens with one attached hydrogen (secondary N) is 2. The number of halogens is 1. The predicted molar refractivity (Wildman–Crippen MR) is 83.3 cm³/mol. The van der Waals surface area contributed by atoms with Crippen LogP contribution < -0.4 is 10.6 Å². The number of rotatable bonds is 4. The summed E-state index contributed by atoms with van der Waals surface area (Å²) in [4.78, 5) is 22.6. The van der Waals surface area contributed by atoms with Gasteiger partial charge in [-0.3, -0.25) is 14.9 Å². The Hall–Kier alpha value is -1.47. The molecular formula is C14H18BrN3O3. The molecule has 1 aliphatic heterocycles. The van der Waals surface area contributed by atoms with Crippen molar-refractivity contribution in [2.75, 3.05) is 13.1 Å². The molecule has 21 heavy (non-hydrogen) atoms. The van der Waals surface area contributed by atoms with Crippen molar-refractivity contribution < 1.29 is 9.72 Å². The monoisotopic (exact) mass is 355 g/mol. The molecule has 114 valence electrons.